The highest BCUT2D eigenvalue weighted by molar-refractivity contribution is 5.51. The molecule has 0 radical (unpaired) electrons. The number of hydrogen-bond acceptors (Lipinski definition) is 2. The van der Waals surface area contributed by atoms with Gasteiger partial charge < -0.3 is 5.11 Å². The lowest BCUT2D eigenvalue weighted by molar-refractivity contribution is 0.232. The summed E-state index contributed by atoms with van der Waals surface area (Å²) in [7, 11) is 0. The maximum absolute atomic E-state index is 9.30. The SMILES string of the molecule is CCCn1cc(/C=C(/C)C(C)O)cn1. The van der Waals surface area contributed by atoms with E-state index in [1.54, 1.807) is 6.92 Å². The second-order valence-electron chi connectivity index (χ2n) is 3.60. The standard InChI is InChI=1S/C11H18N2O/c1-4-5-13-8-11(7-12-13)6-9(2)10(3)14/h6-8,10,14H,4-5H2,1-3H3/b9-6-. The minimum Gasteiger partial charge on any atom is -0.389 e. The van der Waals surface area contributed by atoms with Crippen molar-refractivity contribution in [3.8, 4) is 0 Å². The third kappa shape index (κ3) is 3.00. The Morgan fingerprint density at radius 3 is 3.00 bits per heavy atom. The molecule has 1 N–H and O–H groups in total. The lowest BCUT2D eigenvalue weighted by Gasteiger charge is -2.02. The van der Waals surface area contributed by atoms with E-state index < -0.39 is 0 Å². The third-order valence-electron chi connectivity index (χ3n) is 2.16. The largest absolute Gasteiger partial charge is 0.389 e. The van der Waals surface area contributed by atoms with Crippen molar-refractivity contribution in [3.63, 3.8) is 0 Å². The molecule has 0 aliphatic carbocycles. The molecule has 0 aliphatic rings. The Bertz CT molecular complexity index is 313. The molecule has 3 heteroatoms. The molecule has 1 unspecified atom stereocenters. The number of aryl methyl sites for hydroxylation is 1. The lowest BCUT2D eigenvalue weighted by atomic mass is 10.1. The quantitative estimate of drug-likeness (QED) is 0.797. The maximum Gasteiger partial charge on any atom is 0.0722 e. The summed E-state index contributed by atoms with van der Waals surface area (Å²) >= 11 is 0. The molecule has 1 heterocycles. The summed E-state index contributed by atoms with van der Waals surface area (Å²) in [5.41, 5.74) is 2.01. The van der Waals surface area contributed by atoms with Crippen molar-refractivity contribution in [1.82, 2.24) is 9.78 Å². The minimum absolute atomic E-state index is 0.385. The zero-order valence-corrected chi connectivity index (χ0v) is 9.07. The summed E-state index contributed by atoms with van der Waals surface area (Å²) in [5.74, 6) is 0. The molecule has 0 spiro atoms. The zero-order valence-electron chi connectivity index (χ0n) is 9.07. The molecule has 3 nitrogen and oxygen atoms in total. The van der Waals surface area contributed by atoms with Crippen LogP contribution in [0.4, 0.5) is 0 Å². The van der Waals surface area contributed by atoms with Crippen LogP contribution in [-0.2, 0) is 6.54 Å². The fourth-order valence-electron chi connectivity index (χ4n) is 1.19. The van der Waals surface area contributed by atoms with Crippen molar-refractivity contribution < 1.29 is 5.11 Å². The molecule has 1 atom stereocenters. The molecule has 0 fully saturated rings. The molecule has 0 saturated carbocycles. The third-order valence-corrected chi connectivity index (χ3v) is 2.16. The molecule has 0 amide bonds. The monoisotopic (exact) mass is 194 g/mol. The Kier molecular flexibility index (Phi) is 3.89. The average Bonchev–Trinajstić information content (AvgIpc) is 2.53. The Morgan fingerprint density at radius 1 is 1.71 bits per heavy atom. The van der Waals surface area contributed by atoms with E-state index in [1.807, 2.05) is 30.1 Å². The highest BCUT2D eigenvalue weighted by atomic mass is 16.3. The van der Waals surface area contributed by atoms with E-state index >= 15 is 0 Å². The molecule has 1 rings (SSSR count). The Balaban J connectivity index is 2.72. The fourth-order valence-corrected chi connectivity index (χ4v) is 1.19. The van der Waals surface area contributed by atoms with Gasteiger partial charge >= 0.3 is 0 Å². The van der Waals surface area contributed by atoms with E-state index in [0.29, 0.717) is 0 Å². The van der Waals surface area contributed by atoms with E-state index in [2.05, 4.69) is 12.0 Å². The van der Waals surface area contributed by atoms with Gasteiger partial charge in [0.2, 0.25) is 0 Å². The second kappa shape index (κ2) is 4.96. The molecule has 1 aromatic heterocycles. The predicted octanol–water partition coefficient (Wildman–Crippen LogP) is 2.08. The predicted molar refractivity (Wildman–Crippen MR) is 57.8 cm³/mol. The molecule has 1 aromatic rings. The number of hydrogen-bond donors (Lipinski definition) is 1. The average molecular weight is 194 g/mol. The van der Waals surface area contributed by atoms with Gasteiger partial charge in [-0.15, -0.1) is 0 Å². The van der Waals surface area contributed by atoms with E-state index in [4.69, 9.17) is 0 Å². The van der Waals surface area contributed by atoms with Gasteiger partial charge in [-0.25, -0.2) is 0 Å². The van der Waals surface area contributed by atoms with Gasteiger partial charge in [-0.1, -0.05) is 13.0 Å². The van der Waals surface area contributed by atoms with Crippen LogP contribution in [0.1, 0.15) is 32.8 Å². The molecule has 78 valence electrons. The van der Waals surface area contributed by atoms with Crippen molar-refractivity contribution >= 4 is 6.08 Å². The van der Waals surface area contributed by atoms with Crippen LogP contribution in [0.5, 0.6) is 0 Å². The maximum atomic E-state index is 9.30. The smallest absolute Gasteiger partial charge is 0.0722 e. The van der Waals surface area contributed by atoms with Crippen LogP contribution in [0.3, 0.4) is 0 Å². The molecule has 14 heavy (non-hydrogen) atoms. The summed E-state index contributed by atoms with van der Waals surface area (Å²) in [4.78, 5) is 0. The number of aliphatic hydroxyl groups is 1. The molecule has 0 aliphatic heterocycles. The van der Waals surface area contributed by atoms with Crippen LogP contribution >= 0.6 is 0 Å². The highest BCUT2D eigenvalue weighted by Gasteiger charge is 1.99. The zero-order chi connectivity index (χ0) is 10.6. The van der Waals surface area contributed by atoms with Crippen LogP contribution < -0.4 is 0 Å². The van der Waals surface area contributed by atoms with Crippen molar-refractivity contribution in [3.05, 3.63) is 23.5 Å². The Morgan fingerprint density at radius 2 is 2.43 bits per heavy atom. The Hall–Kier alpha value is -1.09. The van der Waals surface area contributed by atoms with Crippen molar-refractivity contribution in [2.24, 2.45) is 0 Å². The van der Waals surface area contributed by atoms with Crippen LogP contribution in [0.2, 0.25) is 0 Å². The second-order valence-corrected chi connectivity index (χ2v) is 3.60. The lowest BCUT2D eigenvalue weighted by Crippen LogP contribution is -2.00. The van der Waals surface area contributed by atoms with Crippen molar-refractivity contribution in [2.75, 3.05) is 0 Å². The summed E-state index contributed by atoms with van der Waals surface area (Å²) in [6.45, 7) is 6.75. The molecule has 0 aromatic carbocycles. The normalized spacial score (nSPS) is 14.4. The molecule has 0 saturated heterocycles. The first-order valence-electron chi connectivity index (χ1n) is 5.02. The fraction of sp³-hybridized carbons (Fsp3) is 0.545. The van der Waals surface area contributed by atoms with Gasteiger partial charge in [0.05, 0.1) is 12.3 Å². The Labute approximate surface area is 85.1 Å². The summed E-state index contributed by atoms with van der Waals surface area (Å²) in [6, 6.07) is 0. The van der Waals surface area contributed by atoms with E-state index in [9.17, 15) is 5.11 Å². The number of aromatic nitrogens is 2. The van der Waals surface area contributed by atoms with Crippen LogP contribution in [0.25, 0.3) is 6.08 Å². The van der Waals surface area contributed by atoms with Crippen LogP contribution in [0.15, 0.2) is 18.0 Å². The first-order valence-corrected chi connectivity index (χ1v) is 5.02. The topological polar surface area (TPSA) is 38.0 Å². The van der Waals surface area contributed by atoms with Crippen molar-refractivity contribution in [1.29, 1.82) is 0 Å². The number of rotatable bonds is 4. The molecular formula is C11H18N2O. The van der Waals surface area contributed by atoms with Crippen LogP contribution in [-0.4, -0.2) is 21.0 Å². The van der Waals surface area contributed by atoms with Gasteiger partial charge in [0.25, 0.3) is 0 Å². The highest BCUT2D eigenvalue weighted by Crippen LogP contribution is 2.08. The van der Waals surface area contributed by atoms with E-state index in [1.165, 1.54) is 0 Å². The van der Waals surface area contributed by atoms with Gasteiger partial charge in [-0.2, -0.15) is 5.10 Å². The first kappa shape index (κ1) is 11.0. The van der Waals surface area contributed by atoms with Gasteiger partial charge in [0, 0.05) is 18.3 Å². The van der Waals surface area contributed by atoms with Gasteiger partial charge in [-0.3, -0.25) is 4.68 Å². The molecule has 0 bridgehead atoms. The van der Waals surface area contributed by atoms with Gasteiger partial charge in [0.15, 0.2) is 0 Å². The van der Waals surface area contributed by atoms with E-state index in [-0.39, 0.29) is 6.10 Å². The van der Waals surface area contributed by atoms with Crippen molar-refractivity contribution in [2.45, 2.75) is 39.8 Å². The summed E-state index contributed by atoms with van der Waals surface area (Å²) in [6.07, 6.45) is 6.48. The minimum atomic E-state index is -0.385. The summed E-state index contributed by atoms with van der Waals surface area (Å²) in [5, 5.41) is 13.5. The number of nitrogens with zero attached hydrogens (tertiary/aromatic N) is 2. The van der Waals surface area contributed by atoms with Crippen LogP contribution in [0, 0.1) is 0 Å². The molecular weight excluding hydrogens is 176 g/mol. The summed E-state index contributed by atoms with van der Waals surface area (Å²) < 4.78 is 1.92. The van der Waals surface area contributed by atoms with Gasteiger partial charge in [-0.05, 0) is 25.8 Å². The van der Waals surface area contributed by atoms with E-state index in [0.717, 1.165) is 24.1 Å². The number of aliphatic hydroxyl groups excluding tert-OH is 1. The van der Waals surface area contributed by atoms with Gasteiger partial charge in [0.1, 0.15) is 0 Å². The first-order chi connectivity index (χ1) is 6.63.